The number of nitrogens with zero attached hydrogens (tertiary/aromatic N) is 1. The number of carboxylic acids is 1. The number of rotatable bonds is 2. The van der Waals surface area contributed by atoms with E-state index in [-0.39, 0.29) is 24.6 Å². The second-order valence-corrected chi connectivity index (χ2v) is 4.48. The molecule has 0 bridgehead atoms. The van der Waals surface area contributed by atoms with E-state index in [0.717, 1.165) is 0 Å². The molecular formula is C13H14FNO3. The summed E-state index contributed by atoms with van der Waals surface area (Å²) >= 11 is 0. The van der Waals surface area contributed by atoms with E-state index in [1.165, 1.54) is 11.0 Å². The maximum absolute atomic E-state index is 13.8. The molecule has 0 aromatic heterocycles. The van der Waals surface area contributed by atoms with E-state index in [0.29, 0.717) is 12.0 Å². The zero-order valence-electron chi connectivity index (χ0n) is 10.0. The zero-order chi connectivity index (χ0) is 13.3. The summed E-state index contributed by atoms with van der Waals surface area (Å²) < 4.78 is 13.8. The van der Waals surface area contributed by atoms with Crippen molar-refractivity contribution < 1.29 is 19.1 Å². The zero-order valence-corrected chi connectivity index (χ0v) is 10.0. The van der Waals surface area contributed by atoms with Gasteiger partial charge in [-0.05, 0) is 25.0 Å². The number of hydrogen-bond donors (Lipinski definition) is 1. The summed E-state index contributed by atoms with van der Waals surface area (Å²) in [5.41, 5.74) is 0.836. The lowest BCUT2D eigenvalue weighted by atomic mass is 9.96. The van der Waals surface area contributed by atoms with Crippen LogP contribution in [0.1, 0.15) is 18.4 Å². The second-order valence-electron chi connectivity index (χ2n) is 4.48. The number of hydrogen-bond acceptors (Lipinski definition) is 2. The molecule has 2 rings (SSSR count). The van der Waals surface area contributed by atoms with Crippen LogP contribution in [0.3, 0.4) is 0 Å². The van der Waals surface area contributed by atoms with Gasteiger partial charge in [0.05, 0.1) is 11.6 Å². The van der Waals surface area contributed by atoms with Gasteiger partial charge in [-0.3, -0.25) is 9.59 Å². The third kappa shape index (κ3) is 2.20. The van der Waals surface area contributed by atoms with Gasteiger partial charge in [0.2, 0.25) is 5.91 Å². The number of aryl methyl sites for hydroxylation is 1. The lowest BCUT2D eigenvalue weighted by molar-refractivity contribution is -0.142. The molecular weight excluding hydrogens is 237 g/mol. The van der Waals surface area contributed by atoms with Crippen molar-refractivity contribution in [2.75, 3.05) is 11.4 Å². The predicted molar refractivity (Wildman–Crippen MR) is 63.8 cm³/mol. The van der Waals surface area contributed by atoms with Crippen LogP contribution in [0.4, 0.5) is 10.1 Å². The van der Waals surface area contributed by atoms with Crippen molar-refractivity contribution >= 4 is 17.6 Å². The minimum atomic E-state index is -0.943. The van der Waals surface area contributed by atoms with Crippen LogP contribution < -0.4 is 4.90 Å². The Morgan fingerprint density at radius 1 is 1.50 bits per heavy atom. The molecule has 1 aromatic carbocycles. The van der Waals surface area contributed by atoms with Crippen molar-refractivity contribution in [3.05, 3.63) is 29.6 Å². The van der Waals surface area contributed by atoms with Gasteiger partial charge in [-0.25, -0.2) is 4.39 Å². The molecule has 0 aliphatic carbocycles. The Kier molecular flexibility index (Phi) is 3.32. The topological polar surface area (TPSA) is 57.6 Å². The van der Waals surface area contributed by atoms with Crippen molar-refractivity contribution in [1.29, 1.82) is 0 Å². The van der Waals surface area contributed by atoms with Crippen LogP contribution in [-0.4, -0.2) is 23.5 Å². The maximum Gasteiger partial charge on any atom is 0.308 e. The molecule has 0 saturated carbocycles. The molecule has 1 fully saturated rings. The van der Waals surface area contributed by atoms with Gasteiger partial charge in [0, 0.05) is 13.0 Å². The number of para-hydroxylation sites is 1. The first-order valence-corrected chi connectivity index (χ1v) is 5.79. The molecule has 1 saturated heterocycles. The highest BCUT2D eigenvalue weighted by molar-refractivity contribution is 5.96. The summed E-state index contributed by atoms with van der Waals surface area (Å²) in [5, 5.41) is 9.00. The third-order valence-corrected chi connectivity index (χ3v) is 3.22. The molecule has 96 valence electrons. The molecule has 1 heterocycles. The number of benzene rings is 1. The summed E-state index contributed by atoms with van der Waals surface area (Å²) in [6.07, 6.45) is 0.461. The number of anilines is 1. The summed E-state index contributed by atoms with van der Waals surface area (Å²) in [6, 6.07) is 4.55. The van der Waals surface area contributed by atoms with Crippen LogP contribution in [0.5, 0.6) is 0 Å². The fourth-order valence-corrected chi connectivity index (χ4v) is 2.23. The highest BCUT2D eigenvalue weighted by Crippen LogP contribution is 2.29. The molecule has 1 aliphatic rings. The van der Waals surface area contributed by atoms with E-state index in [1.807, 2.05) is 0 Å². The van der Waals surface area contributed by atoms with Crippen LogP contribution in [0, 0.1) is 18.7 Å². The van der Waals surface area contributed by atoms with Crippen LogP contribution in [0.25, 0.3) is 0 Å². The fourth-order valence-electron chi connectivity index (χ4n) is 2.23. The highest BCUT2D eigenvalue weighted by atomic mass is 19.1. The fraction of sp³-hybridized carbons (Fsp3) is 0.385. The summed E-state index contributed by atoms with van der Waals surface area (Å²) in [7, 11) is 0. The van der Waals surface area contributed by atoms with Gasteiger partial charge in [0.25, 0.3) is 0 Å². The molecule has 1 aromatic rings. The Balaban J connectivity index is 2.36. The Morgan fingerprint density at radius 2 is 2.22 bits per heavy atom. The molecule has 5 heteroatoms. The molecule has 1 unspecified atom stereocenters. The van der Waals surface area contributed by atoms with Gasteiger partial charge in [0.15, 0.2) is 0 Å². The summed E-state index contributed by atoms with van der Waals surface area (Å²) in [6.45, 7) is 1.74. The van der Waals surface area contributed by atoms with Gasteiger partial charge in [-0.15, -0.1) is 0 Å². The number of carboxylic acid groups (broad SMARTS) is 1. The van der Waals surface area contributed by atoms with Crippen LogP contribution >= 0.6 is 0 Å². The number of carbonyl (C=O) groups excluding carboxylic acids is 1. The summed E-state index contributed by atoms with van der Waals surface area (Å²) in [4.78, 5) is 24.1. The van der Waals surface area contributed by atoms with Crippen LogP contribution in [-0.2, 0) is 9.59 Å². The van der Waals surface area contributed by atoms with Crippen LogP contribution in [0.2, 0.25) is 0 Å². The Hall–Kier alpha value is -1.91. The van der Waals surface area contributed by atoms with Gasteiger partial charge in [0.1, 0.15) is 5.82 Å². The Labute approximate surface area is 104 Å². The average Bonchev–Trinajstić information content (AvgIpc) is 2.30. The number of halogens is 1. The van der Waals surface area contributed by atoms with Crippen molar-refractivity contribution in [2.45, 2.75) is 19.8 Å². The number of amides is 1. The van der Waals surface area contributed by atoms with Gasteiger partial charge in [-0.1, -0.05) is 12.1 Å². The van der Waals surface area contributed by atoms with Crippen molar-refractivity contribution in [2.24, 2.45) is 5.92 Å². The molecule has 0 radical (unpaired) electrons. The lowest BCUT2D eigenvalue weighted by Gasteiger charge is -2.31. The normalized spacial score (nSPS) is 20.0. The van der Waals surface area contributed by atoms with E-state index in [9.17, 15) is 14.0 Å². The molecule has 0 spiro atoms. The van der Waals surface area contributed by atoms with Crippen molar-refractivity contribution in [3.63, 3.8) is 0 Å². The second kappa shape index (κ2) is 4.76. The van der Waals surface area contributed by atoms with E-state index in [1.54, 1.807) is 19.1 Å². The maximum atomic E-state index is 13.8. The van der Waals surface area contributed by atoms with E-state index >= 15 is 0 Å². The number of aliphatic carboxylic acids is 1. The lowest BCUT2D eigenvalue weighted by Crippen LogP contribution is -2.43. The molecule has 1 amide bonds. The first-order chi connectivity index (χ1) is 8.50. The minimum absolute atomic E-state index is 0.0376. The SMILES string of the molecule is Cc1cccc(F)c1N1CC(C(=O)O)CCC1=O. The molecule has 18 heavy (non-hydrogen) atoms. The van der Waals surface area contributed by atoms with E-state index < -0.39 is 17.7 Å². The number of piperidine rings is 1. The van der Waals surface area contributed by atoms with Crippen molar-refractivity contribution in [3.8, 4) is 0 Å². The molecule has 4 nitrogen and oxygen atoms in total. The van der Waals surface area contributed by atoms with Crippen LogP contribution in [0.15, 0.2) is 18.2 Å². The van der Waals surface area contributed by atoms with E-state index in [2.05, 4.69) is 0 Å². The Morgan fingerprint density at radius 3 is 2.83 bits per heavy atom. The first-order valence-electron chi connectivity index (χ1n) is 5.79. The quantitative estimate of drug-likeness (QED) is 0.874. The standard InChI is InChI=1S/C13H14FNO3/c1-8-3-2-4-10(14)12(8)15-7-9(13(17)18)5-6-11(15)16/h2-4,9H,5-7H2,1H3,(H,17,18). The Bertz CT molecular complexity index is 481. The molecule has 1 N–H and O–H groups in total. The predicted octanol–water partition coefficient (Wildman–Crippen LogP) is 1.96. The van der Waals surface area contributed by atoms with Crippen molar-refractivity contribution in [1.82, 2.24) is 0 Å². The van der Waals surface area contributed by atoms with Gasteiger partial charge < -0.3 is 10.0 Å². The smallest absolute Gasteiger partial charge is 0.308 e. The monoisotopic (exact) mass is 251 g/mol. The van der Waals surface area contributed by atoms with Gasteiger partial charge in [-0.2, -0.15) is 0 Å². The molecule has 1 atom stereocenters. The summed E-state index contributed by atoms with van der Waals surface area (Å²) in [5.74, 6) is -2.28. The van der Waals surface area contributed by atoms with E-state index in [4.69, 9.17) is 5.11 Å². The highest BCUT2D eigenvalue weighted by Gasteiger charge is 2.32. The molecule has 1 aliphatic heterocycles. The minimum Gasteiger partial charge on any atom is -0.481 e. The third-order valence-electron chi connectivity index (χ3n) is 3.22. The largest absolute Gasteiger partial charge is 0.481 e. The first kappa shape index (κ1) is 12.5. The van der Waals surface area contributed by atoms with Gasteiger partial charge >= 0.3 is 5.97 Å². The number of carbonyl (C=O) groups is 2. The average molecular weight is 251 g/mol.